The van der Waals surface area contributed by atoms with Gasteiger partial charge in [-0.2, -0.15) is 0 Å². The van der Waals surface area contributed by atoms with Crippen molar-refractivity contribution in [2.45, 2.75) is 4.90 Å². The van der Waals surface area contributed by atoms with Crippen LogP contribution in [0.15, 0.2) is 83.8 Å². The number of piperazine rings is 1. The van der Waals surface area contributed by atoms with Gasteiger partial charge >= 0.3 is 0 Å². The van der Waals surface area contributed by atoms with Gasteiger partial charge in [0.05, 0.1) is 10.6 Å². The van der Waals surface area contributed by atoms with Crippen molar-refractivity contribution in [2.24, 2.45) is 0 Å². The van der Waals surface area contributed by atoms with E-state index in [0.29, 0.717) is 37.6 Å². The van der Waals surface area contributed by atoms with Crippen LogP contribution in [0.5, 0.6) is 5.75 Å². The number of hydrogen-bond donors (Lipinski definition) is 0. The third kappa shape index (κ3) is 5.31. The third-order valence-electron chi connectivity index (χ3n) is 5.79. The van der Waals surface area contributed by atoms with Crippen molar-refractivity contribution in [3.8, 4) is 5.75 Å². The lowest BCUT2D eigenvalue weighted by Gasteiger charge is -2.36. The molecule has 0 saturated carbocycles. The van der Waals surface area contributed by atoms with Gasteiger partial charge in [0.15, 0.2) is 6.61 Å². The molecule has 4 rings (SSSR count). The summed E-state index contributed by atoms with van der Waals surface area (Å²) in [5.74, 6) is 0.0892. The maximum absolute atomic E-state index is 13.1. The number of sulfonamides is 1. The van der Waals surface area contributed by atoms with E-state index in [0.717, 1.165) is 5.69 Å². The summed E-state index contributed by atoms with van der Waals surface area (Å²) in [5, 5.41) is 0. The van der Waals surface area contributed by atoms with Crippen molar-refractivity contribution in [1.82, 2.24) is 4.90 Å². The highest BCUT2D eigenvalue weighted by Crippen LogP contribution is 2.24. The van der Waals surface area contributed by atoms with Crippen LogP contribution < -0.4 is 13.9 Å². The van der Waals surface area contributed by atoms with Gasteiger partial charge < -0.3 is 14.5 Å². The molecule has 7 nitrogen and oxygen atoms in total. The molecule has 9 heteroatoms. The second kappa shape index (κ2) is 10.1. The van der Waals surface area contributed by atoms with Crippen LogP contribution in [0.25, 0.3) is 0 Å². The van der Waals surface area contributed by atoms with Crippen LogP contribution in [-0.4, -0.2) is 59.1 Å². The van der Waals surface area contributed by atoms with E-state index in [4.69, 9.17) is 4.74 Å². The number of carbonyl (C=O) groups is 1. The maximum Gasteiger partial charge on any atom is 0.264 e. The zero-order valence-corrected chi connectivity index (χ0v) is 19.6. The Morgan fingerprint density at radius 3 is 2.15 bits per heavy atom. The quantitative estimate of drug-likeness (QED) is 0.515. The molecule has 1 fully saturated rings. The summed E-state index contributed by atoms with van der Waals surface area (Å²) >= 11 is 0. The molecule has 0 aliphatic carbocycles. The van der Waals surface area contributed by atoms with Gasteiger partial charge in [-0.25, -0.2) is 12.8 Å². The van der Waals surface area contributed by atoms with E-state index in [1.165, 1.54) is 23.5 Å². The fourth-order valence-corrected chi connectivity index (χ4v) is 4.96. The molecule has 1 heterocycles. The molecule has 1 saturated heterocycles. The maximum atomic E-state index is 13.1. The van der Waals surface area contributed by atoms with E-state index in [1.807, 2.05) is 0 Å². The second-order valence-corrected chi connectivity index (χ2v) is 9.88. The number of benzene rings is 3. The monoisotopic (exact) mass is 483 g/mol. The SMILES string of the molecule is CN(c1ccc(OCC(=O)N2CCN(c3ccc(F)cc3)CC2)cc1)S(=O)(=O)c1ccccc1. The Hall–Kier alpha value is -3.59. The summed E-state index contributed by atoms with van der Waals surface area (Å²) in [6.07, 6.45) is 0. The summed E-state index contributed by atoms with van der Waals surface area (Å²) in [5.41, 5.74) is 1.42. The van der Waals surface area contributed by atoms with Crippen LogP contribution in [0, 0.1) is 5.82 Å². The van der Waals surface area contributed by atoms with Crippen LogP contribution >= 0.6 is 0 Å². The number of anilines is 2. The Balaban J connectivity index is 1.29. The standard InChI is InChI=1S/C25H26FN3O4S/c1-27(34(31,32)24-5-3-2-4-6-24)21-11-13-23(14-12-21)33-19-25(30)29-17-15-28(16-18-29)22-9-7-20(26)8-10-22/h2-14H,15-19H2,1H3. The molecular formula is C25H26FN3O4S. The molecule has 0 spiro atoms. The van der Waals surface area contributed by atoms with Crippen LogP contribution in [0.1, 0.15) is 0 Å². The summed E-state index contributed by atoms with van der Waals surface area (Å²) in [6, 6.07) is 21.1. The first-order valence-corrected chi connectivity index (χ1v) is 12.3. The Bertz CT molecular complexity index is 1210. The fraction of sp³-hybridized carbons (Fsp3) is 0.240. The number of amides is 1. The van der Waals surface area contributed by atoms with Crippen molar-refractivity contribution >= 4 is 27.3 Å². The molecule has 3 aromatic rings. The van der Waals surface area contributed by atoms with E-state index in [1.54, 1.807) is 71.6 Å². The lowest BCUT2D eigenvalue weighted by Crippen LogP contribution is -2.50. The Labute approximate surface area is 199 Å². The van der Waals surface area contributed by atoms with E-state index in [2.05, 4.69) is 4.90 Å². The number of rotatable bonds is 7. The molecule has 1 aliphatic heterocycles. The first-order chi connectivity index (χ1) is 16.3. The lowest BCUT2D eigenvalue weighted by atomic mass is 10.2. The van der Waals surface area contributed by atoms with Crippen LogP contribution in [-0.2, 0) is 14.8 Å². The van der Waals surface area contributed by atoms with Crippen molar-refractivity contribution < 1.29 is 22.3 Å². The van der Waals surface area contributed by atoms with E-state index >= 15 is 0 Å². The minimum absolute atomic E-state index is 0.103. The zero-order chi connectivity index (χ0) is 24.1. The third-order valence-corrected chi connectivity index (χ3v) is 7.59. The minimum Gasteiger partial charge on any atom is -0.484 e. The molecule has 3 aromatic carbocycles. The zero-order valence-electron chi connectivity index (χ0n) is 18.8. The Morgan fingerprint density at radius 2 is 1.53 bits per heavy atom. The van der Waals surface area contributed by atoms with E-state index in [9.17, 15) is 17.6 Å². The first kappa shape index (κ1) is 23.6. The van der Waals surface area contributed by atoms with Crippen molar-refractivity contribution in [1.29, 1.82) is 0 Å². The van der Waals surface area contributed by atoms with Gasteiger partial charge in [0.25, 0.3) is 15.9 Å². The normalized spacial score (nSPS) is 14.1. The molecule has 0 aromatic heterocycles. The smallest absolute Gasteiger partial charge is 0.264 e. The molecule has 0 bridgehead atoms. The summed E-state index contributed by atoms with van der Waals surface area (Å²) in [7, 11) is -2.17. The van der Waals surface area contributed by atoms with Gasteiger partial charge in [0.2, 0.25) is 0 Å². The number of halogens is 1. The van der Waals surface area contributed by atoms with Gasteiger partial charge in [-0.3, -0.25) is 9.10 Å². The van der Waals surface area contributed by atoms with Crippen molar-refractivity contribution in [3.63, 3.8) is 0 Å². The number of ether oxygens (including phenoxy) is 1. The number of hydrogen-bond acceptors (Lipinski definition) is 5. The minimum atomic E-state index is -3.66. The second-order valence-electron chi connectivity index (χ2n) is 7.91. The summed E-state index contributed by atoms with van der Waals surface area (Å²) in [4.78, 5) is 16.6. The van der Waals surface area contributed by atoms with E-state index in [-0.39, 0.29) is 23.2 Å². The van der Waals surface area contributed by atoms with Gasteiger partial charge in [-0.15, -0.1) is 0 Å². The molecule has 0 atom stereocenters. The Kier molecular flexibility index (Phi) is 7.02. The highest BCUT2D eigenvalue weighted by atomic mass is 32.2. The summed E-state index contributed by atoms with van der Waals surface area (Å²) < 4.78 is 45.5. The van der Waals surface area contributed by atoms with Crippen molar-refractivity contribution in [2.75, 3.05) is 49.0 Å². The van der Waals surface area contributed by atoms with Crippen LogP contribution in [0.4, 0.5) is 15.8 Å². The molecular weight excluding hydrogens is 457 g/mol. The first-order valence-electron chi connectivity index (χ1n) is 10.9. The van der Waals surface area contributed by atoms with Gasteiger partial charge in [-0.05, 0) is 60.7 Å². The Morgan fingerprint density at radius 1 is 0.912 bits per heavy atom. The molecule has 0 N–H and O–H groups in total. The topological polar surface area (TPSA) is 70.2 Å². The van der Waals surface area contributed by atoms with Gasteiger partial charge in [0.1, 0.15) is 11.6 Å². The largest absolute Gasteiger partial charge is 0.484 e. The molecule has 0 unspecified atom stereocenters. The molecule has 1 amide bonds. The lowest BCUT2D eigenvalue weighted by molar-refractivity contribution is -0.133. The fourth-order valence-electron chi connectivity index (χ4n) is 3.74. The molecule has 178 valence electrons. The predicted octanol–water partition coefficient (Wildman–Crippen LogP) is 3.38. The number of nitrogens with zero attached hydrogens (tertiary/aromatic N) is 3. The van der Waals surface area contributed by atoms with Crippen LogP contribution in [0.3, 0.4) is 0 Å². The highest BCUT2D eigenvalue weighted by molar-refractivity contribution is 7.92. The molecule has 0 radical (unpaired) electrons. The average Bonchev–Trinajstić information content (AvgIpc) is 2.88. The predicted molar refractivity (Wildman–Crippen MR) is 129 cm³/mol. The molecule has 1 aliphatic rings. The van der Waals surface area contributed by atoms with Gasteiger partial charge in [0, 0.05) is 38.9 Å². The number of carbonyl (C=O) groups excluding carboxylic acids is 1. The summed E-state index contributed by atoms with van der Waals surface area (Å²) in [6.45, 7) is 2.33. The van der Waals surface area contributed by atoms with Crippen molar-refractivity contribution in [3.05, 3.63) is 84.7 Å². The molecule has 34 heavy (non-hydrogen) atoms. The van der Waals surface area contributed by atoms with Crippen LogP contribution in [0.2, 0.25) is 0 Å². The van der Waals surface area contributed by atoms with E-state index < -0.39 is 10.0 Å². The average molecular weight is 484 g/mol. The highest BCUT2D eigenvalue weighted by Gasteiger charge is 2.23. The van der Waals surface area contributed by atoms with Gasteiger partial charge in [-0.1, -0.05) is 18.2 Å².